The zero-order chi connectivity index (χ0) is 17.6. The smallest absolute Gasteiger partial charge is 0.173 e. The molecule has 1 aromatic heterocycles. The van der Waals surface area contributed by atoms with Crippen LogP contribution in [0.2, 0.25) is 0 Å². The van der Waals surface area contributed by atoms with Gasteiger partial charge < -0.3 is 10.2 Å². The predicted molar refractivity (Wildman–Crippen MR) is 107 cm³/mol. The Morgan fingerprint density at radius 2 is 1.92 bits per heavy atom. The molecule has 0 spiro atoms. The van der Waals surface area contributed by atoms with E-state index in [-0.39, 0.29) is 0 Å². The lowest BCUT2D eigenvalue weighted by Crippen LogP contribution is -2.30. The van der Waals surface area contributed by atoms with E-state index in [0.29, 0.717) is 11.7 Å². The third kappa shape index (κ3) is 4.45. The summed E-state index contributed by atoms with van der Waals surface area (Å²) >= 11 is 5.53. The van der Waals surface area contributed by atoms with Crippen LogP contribution in [-0.4, -0.2) is 26.8 Å². The maximum absolute atomic E-state index is 5.53. The first-order valence-electron chi connectivity index (χ1n) is 8.35. The third-order valence-electron chi connectivity index (χ3n) is 4.01. The Hall–Kier alpha value is -2.66. The maximum Gasteiger partial charge on any atom is 0.173 e. The van der Waals surface area contributed by atoms with Crippen LogP contribution in [0.25, 0.3) is 5.69 Å². The summed E-state index contributed by atoms with van der Waals surface area (Å²) in [7, 11) is 1.98. The second-order valence-electron chi connectivity index (χ2n) is 5.97. The van der Waals surface area contributed by atoms with Gasteiger partial charge in [-0.3, -0.25) is 0 Å². The molecular formula is C20H22N4S. The van der Waals surface area contributed by atoms with Gasteiger partial charge in [0.1, 0.15) is 0 Å². The molecular weight excluding hydrogens is 328 g/mol. The van der Waals surface area contributed by atoms with Crippen molar-refractivity contribution in [1.82, 2.24) is 14.7 Å². The molecule has 2 aromatic carbocycles. The normalized spacial score (nSPS) is 10.5. The summed E-state index contributed by atoms with van der Waals surface area (Å²) in [5.41, 5.74) is 4.47. The second kappa shape index (κ2) is 7.94. The Kier molecular flexibility index (Phi) is 5.46. The highest BCUT2D eigenvalue weighted by molar-refractivity contribution is 7.80. The number of thiocarbonyl (C=S) groups is 1. The molecule has 0 amide bonds. The summed E-state index contributed by atoms with van der Waals surface area (Å²) in [4.78, 5) is 2.01. The molecule has 1 heterocycles. The predicted octanol–water partition coefficient (Wildman–Crippen LogP) is 4.26. The van der Waals surface area contributed by atoms with Crippen LogP contribution in [0.5, 0.6) is 0 Å². The van der Waals surface area contributed by atoms with E-state index in [1.54, 1.807) is 0 Å². The van der Waals surface area contributed by atoms with Crippen LogP contribution >= 0.6 is 12.2 Å². The molecule has 0 radical (unpaired) electrons. The van der Waals surface area contributed by atoms with Crippen molar-refractivity contribution < 1.29 is 0 Å². The van der Waals surface area contributed by atoms with Crippen molar-refractivity contribution >= 4 is 23.0 Å². The average molecular weight is 350 g/mol. The van der Waals surface area contributed by atoms with Gasteiger partial charge in [0, 0.05) is 31.0 Å². The van der Waals surface area contributed by atoms with E-state index >= 15 is 0 Å². The van der Waals surface area contributed by atoms with Gasteiger partial charge in [0.15, 0.2) is 5.11 Å². The summed E-state index contributed by atoms with van der Waals surface area (Å²) in [5.74, 6) is 0. The minimum Gasteiger partial charge on any atom is -0.348 e. The number of aromatic nitrogens is 2. The molecule has 3 aromatic rings. The van der Waals surface area contributed by atoms with Crippen molar-refractivity contribution in [2.75, 3.05) is 12.4 Å². The fourth-order valence-corrected chi connectivity index (χ4v) is 2.78. The van der Waals surface area contributed by atoms with Crippen LogP contribution in [0, 0.1) is 0 Å². The first kappa shape index (κ1) is 17.2. The SMILES string of the molecule is CCc1cccc(NC(=S)N(C)Cc2cnn(-c3ccccc3)c2)c1. The molecule has 5 heteroatoms. The minimum absolute atomic E-state index is 0.695. The van der Waals surface area contributed by atoms with Gasteiger partial charge in [0.25, 0.3) is 0 Å². The third-order valence-corrected chi connectivity index (χ3v) is 4.42. The Morgan fingerprint density at radius 3 is 2.68 bits per heavy atom. The molecule has 0 aliphatic carbocycles. The van der Waals surface area contributed by atoms with Gasteiger partial charge in [0.2, 0.25) is 0 Å². The number of hydrogen-bond acceptors (Lipinski definition) is 2. The van der Waals surface area contributed by atoms with Gasteiger partial charge in [-0.1, -0.05) is 37.3 Å². The zero-order valence-corrected chi connectivity index (χ0v) is 15.3. The average Bonchev–Trinajstić information content (AvgIpc) is 3.11. The lowest BCUT2D eigenvalue weighted by molar-refractivity contribution is 0.508. The molecule has 0 saturated carbocycles. The number of nitrogens with one attached hydrogen (secondary N) is 1. The standard InChI is InChI=1S/C20H22N4S/c1-3-16-8-7-9-18(12-16)22-20(25)23(2)14-17-13-21-24(15-17)19-10-5-4-6-11-19/h4-13,15H,3,14H2,1-2H3,(H,22,25). The maximum atomic E-state index is 5.53. The molecule has 0 aliphatic rings. The number of rotatable bonds is 5. The lowest BCUT2D eigenvalue weighted by Gasteiger charge is -2.20. The number of nitrogens with zero attached hydrogens (tertiary/aromatic N) is 3. The lowest BCUT2D eigenvalue weighted by atomic mass is 10.1. The van der Waals surface area contributed by atoms with Crippen LogP contribution < -0.4 is 5.32 Å². The molecule has 25 heavy (non-hydrogen) atoms. The molecule has 1 N–H and O–H groups in total. The molecule has 4 nitrogen and oxygen atoms in total. The van der Waals surface area contributed by atoms with Gasteiger partial charge in [-0.05, 0) is 48.5 Å². The van der Waals surface area contributed by atoms with E-state index in [1.165, 1.54) is 5.56 Å². The Bertz CT molecular complexity index is 842. The number of hydrogen-bond donors (Lipinski definition) is 1. The van der Waals surface area contributed by atoms with E-state index < -0.39 is 0 Å². The fourth-order valence-electron chi connectivity index (χ4n) is 2.60. The van der Waals surface area contributed by atoms with E-state index in [9.17, 15) is 0 Å². The number of para-hydroxylation sites is 1. The van der Waals surface area contributed by atoms with Crippen LogP contribution in [-0.2, 0) is 13.0 Å². The molecule has 3 rings (SSSR count). The first-order chi connectivity index (χ1) is 12.2. The molecule has 0 atom stereocenters. The van der Waals surface area contributed by atoms with E-state index in [4.69, 9.17) is 12.2 Å². The molecule has 0 fully saturated rings. The molecule has 128 valence electrons. The number of anilines is 1. The van der Waals surface area contributed by atoms with Crippen molar-refractivity contribution in [2.24, 2.45) is 0 Å². The molecule has 0 saturated heterocycles. The highest BCUT2D eigenvalue weighted by Gasteiger charge is 2.08. The van der Waals surface area contributed by atoms with Crippen LogP contribution in [0.4, 0.5) is 5.69 Å². The Labute approximate surface area is 154 Å². The molecule has 0 bridgehead atoms. The highest BCUT2D eigenvalue weighted by atomic mass is 32.1. The van der Waals surface area contributed by atoms with Gasteiger partial charge >= 0.3 is 0 Å². The topological polar surface area (TPSA) is 33.1 Å². The van der Waals surface area contributed by atoms with Gasteiger partial charge in [-0.25, -0.2) is 4.68 Å². The van der Waals surface area contributed by atoms with E-state index in [1.807, 2.05) is 71.5 Å². The first-order valence-corrected chi connectivity index (χ1v) is 8.76. The van der Waals surface area contributed by atoms with Crippen molar-refractivity contribution in [3.05, 3.63) is 78.1 Å². The van der Waals surface area contributed by atoms with Crippen LogP contribution in [0.1, 0.15) is 18.1 Å². The second-order valence-corrected chi connectivity index (χ2v) is 6.36. The minimum atomic E-state index is 0.695. The Morgan fingerprint density at radius 1 is 1.12 bits per heavy atom. The largest absolute Gasteiger partial charge is 0.348 e. The summed E-state index contributed by atoms with van der Waals surface area (Å²) < 4.78 is 1.88. The summed E-state index contributed by atoms with van der Waals surface area (Å²) in [6.07, 6.45) is 4.92. The number of aryl methyl sites for hydroxylation is 1. The molecule has 0 aliphatic heterocycles. The van der Waals surface area contributed by atoms with E-state index in [0.717, 1.165) is 23.4 Å². The zero-order valence-electron chi connectivity index (χ0n) is 14.5. The van der Waals surface area contributed by atoms with E-state index in [2.05, 4.69) is 29.5 Å². The van der Waals surface area contributed by atoms with Crippen LogP contribution in [0.15, 0.2) is 67.0 Å². The fraction of sp³-hybridized carbons (Fsp3) is 0.200. The number of benzene rings is 2. The van der Waals surface area contributed by atoms with Gasteiger partial charge in [-0.15, -0.1) is 0 Å². The monoisotopic (exact) mass is 350 g/mol. The summed E-state index contributed by atoms with van der Waals surface area (Å²) in [6.45, 7) is 2.85. The van der Waals surface area contributed by atoms with Crippen molar-refractivity contribution in [1.29, 1.82) is 0 Å². The molecule has 0 unspecified atom stereocenters. The van der Waals surface area contributed by atoms with Gasteiger partial charge in [0.05, 0.1) is 11.9 Å². The van der Waals surface area contributed by atoms with Crippen molar-refractivity contribution in [2.45, 2.75) is 19.9 Å². The highest BCUT2D eigenvalue weighted by Crippen LogP contribution is 2.13. The summed E-state index contributed by atoms with van der Waals surface area (Å²) in [5, 5.41) is 8.43. The van der Waals surface area contributed by atoms with Crippen LogP contribution in [0.3, 0.4) is 0 Å². The Balaban J connectivity index is 1.62. The van der Waals surface area contributed by atoms with Crippen molar-refractivity contribution in [3.8, 4) is 5.69 Å². The van der Waals surface area contributed by atoms with Crippen molar-refractivity contribution in [3.63, 3.8) is 0 Å². The van der Waals surface area contributed by atoms with Gasteiger partial charge in [-0.2, -0.15) is 5.10 Å². The quantitative estimate of drug-likeness (QED) is 0.697. The summed E-state index contributed by atoms with van der Waals surface area (Å²) in [6, 6.07) is 18.4.